The highest BCUT2D eigenvalue weighted by molar-refractivity contribution is 7.92. The number of aromatic amines is 1. The van der Waals surface area contributed by atoms with E-state index in [4.69, 9.17) is 9.47 Å². The second-order valence-corrected chi connectivity index (χ2v) is 8.97. The first-order chi connectivity index (χ1) is 14.4. The minimum Gasteiger partial charge on any atom is -0.497 e. The minimum absolute atomic E-state index is 0.113. The largest absolute Gasteiger partial charge is 0.497 e. The Morgan fingerprint density at radius 1 is 1.03 bits per heavy atom. The fourth-order valence-corrected chi connectivity index (χ4v) is 5.34. The number of aryl methyl sites for hydroxylation is 2. The lowest BCUT2D eigenvalue weighted by Gasteiger charge is -2.14. The number of fused-ring (bicyclic) bond motifs is 3. The van der Waals surface area contributed by atoms with E-state index in [1.54, 1.807) is 24.3 Å². The molecular weight excluding hydrogens is 404 g/mol. The fraction of sp³-hybridized carbons (Fsp3) is 0.318. The highest BCUT2D eigenvalue weighted by Crippen LogP contribution is 2.34. The number of rotatable bonds is 6. The summed E-state index contributed by atoms with van der Waals surface area (Å²) in [5, 5.41) is 0.800. The molecule has 1 aliphatic carbocycles. The number of methoxy groups -OCH3 is 2. The summed E-state index contributed by atoms with van der Waals surface area (Å²) in [5.41, 5.74) is 3.26. The monoisotopic (exact) mass is 428 g/mol. The van der Waals surface area contributed by atoms with Crippen molar-refractivity contribution in [3.05, 3.63) is 47.2 Å². The Kier molecular flexibility index (Phi) is 5.19. The number of carbonyl (C=O) groups is 1. The highest BCUT2D eigenvalue weighted by atomic mass is 32.2. The second kappa shape index (κ2) is 7.68. The van der Waals surface area contributed by atoms with Gasteiger partial charge in [-0.25, -0.2) is 8.42 Å². The predicted molar refractivity (Wildman–Crippen MR) is 115 cm³/mol. The van der Waals surface area contributed by atoms with Gasteiger partial charge in [-0.3, -0.25) is 9.52 Å². The molecule has 4 rings (SSSR count). The van der Waals surface area contributed by atoms with Gasteiger partial charge in [0.25, 0.3) is 10.0 Å². The first kappa shape index (κ1) is 20.3. The van der Waals surface area contributed by atoms with E-state index in [0.29, 0.717) is 46.7 Å². The van der Waals surface area contributed by atoms with E-state index in [1.165, 1.54) is 14.2 Å². The van der Waals surface area contributed by atoms with Crippen molar-refractivity contribution in [2.24, 2.45) is 0 Å². The Hall–Kier alpha value is -3.00. The Bertz CT molecular complexity index is 1220. The molecule has 0 saturated carbocycles. The van der Waals surface area contributed by atoms with Gasteiger partial charge in [-0.1, -0.05) is 6.92 Å². The van der Waals surface area contributed by atoms with Crippen molar-refractivity contribution in [3.63, 3.8) is 0 Å². The van der Waals surface area contributed by atoms with Crippen LogP contribution in [0.15, 0.2) is 35.2 Å². The van der Waals surface area contributed by atoms with Gasteiger partial charge in [0.15, 0.2) is 5.78 Å². The van der Waals surface area contributed by atoms with Crippen LogP contribution >= 0.6 is 0 Å². The first-order valence-electron chi connectivity index (χ1n) is 9.82. The second-order valence-electron chi connectivity index (χ2n) is 7.32. The maximum absolute atomic E-state index is 13.3. The number of hydrogen-bond acceptors (Lipinski definition) is 5. The molecule has 0 atom stereocenters. The molecule has 0 spiro atoms. The zero-order valence-corrected chi connectivity index (χ0v) is 18.0. The van der Waals surface area contributed by atoms with Gasteiger partial charge in [0.05, 0.1) is 24.8 Å². The number of Topliss-reactive ketones (excluding diaryl/α,β-unsaturated/α-hetero) is 1. The van der Waals surface area contributed by atoms with Crippen LogP contribution in [-0.2, 0) is 22.9 Å². The van der Waals surface area contributed by atoms with Crippen molar-refractivity contribution in [3.8, 4) is 11.5 Å². The van der Waals surface area contributed by atoms with Crippen molar-refractivity contribution in [1.82, 2.24) is 4.98 Å². The molecule has 0 amide bonds. The summed E-state index contributed by atoms with van der Waals surface area (Å²) in [5.74, 6) is 1.07. The molecular formula is C22H24N2O5S. The maximum atomic E-state index is 13.3. The Balaban J connectivity index is 1.81. The van der Waals surface area contributed by atoms with E-state index in [1.807, 2.05) is 13.0 Å². The smallest absolute Gasteiger partial charge is 0.262 e. The molecule has 8 heteroatoms. The zero-order chi connectivity index (χ0) is 21.5. The summed E-state index contributed by atoms with van der Waals surface area (Å²) < 4.78 is 39.6. The Labute approximate surface area is 175 Å². The third-order valence-corrected chi connectivity index (χ3v) is 6.90. The number of carbonyl (C=O) groups excluding carboxylic acids is 1. The van der Waals surface area contributed by atoms with E-state index in [-0.39, 0.29) is 10.7 Å². The van der Waals surface area contributed by atoms with Crippen LogP contribution in [0, 0.1) is 0 Å². The average molecular weight is 429 g/mol. The van der Waals surface area contributed by atoms with Gasteiger partial charge in [0.1, 0.15) is 11.5 Å². The molecule has 30 heavy (non-hydrogen) atoms. The lowest BCUT2D eigenvalue weighted by molar-refractivity contribution is 0.0974. The maximum Gasteiger partial charge on any atom is 0.262 e. The number of H-pyrrole nitrogens is 1. The zero-order valence-electron chi connectivity index (χ0n) is 17.2. The number of nitrogens with one attached hydrogen (secondary N) is 2. The molecule has 1 aromatic heterocycles. The first-order valence-corrected chi connectivity index (χ1v) is 11.3. The van der Waals surface area contributed by atoms with E-state index in [0.717, 1.165) is 23.9 Å². The van der Waals surface area contributed by atoms with Crippen molar-refractivity contribution >= 4 is 32.4 Å². The molecule has 1 heterocycles. The third-order valence-electron chi connectivity index (χ3n) is 5.44. The summed E-state index contributed by atoms with van der Waals surface area (Å²) in [7, 11) is -0.870. The number of anilines is 1. The van der Waals surface area contributed by atoms with Gasteiger partial charge >= 0.3 is 0 Å². The molecule has 0 aliphatic heterocycles. The van der Waals surface area contributed by atoms with E-state index in [9.17, 15) is 13.2 Å². The van der Waals surface area contributed by atoms with Gasteiger partial charge in [-0.05, 0) is 37.0 Å². The molecule has 0 radical (unpaired) electrons. The molecule has 0 fully saturated rings. The van der Waals surface area contributed by atoms with E-state index >= 15 is 0 Å². The van der Waals surface area contributed by atoms with Gasteiger partial charge in [-0.15, -0.1) is 0 Å². The summed E-state index contributed by atoms with van der Waals surface area (Å²) in [6, 6.07) is 8.31. The van der Waals surface area contributed by atoms with Crippen molar-refractivity contribution in [2.45, 2.75) is 37.5 Å². The normalized spacial score (nSPS) is 13.9. The fourth-order valence-electron chi connectivity index (χ4n) is 3.98. The van der Waals surface area contributed by atoms with E-state index < -0.39 is 10.0 Å². The number of ether oxygens (including phenoxy) is 2. The van der Waals surface area contributed by atoms with Gasteiger partial charge < -0.3 is 14.5 Å². The molecule has 7 nitrogen and oxygen atoms in total. The number of sulfonamides is 1. The molecule has 2 aromatic carbocycles. The van der Waals surface area contributed by atoms with Crippen molar-refractivity contribution in [1.29, 1.82) is 0 Å². The van der Waals surface area contributed by atoms with Crippen LogP contribution in [0.3, 0.4) is 0 Å². The van der Waals surface area contributed by atoms with Crippen LogP contribution in [-0.4, -0.2) is 33.4 Å². The molecule has 1 aliphatic rings. The number of benzene rings is 2. The van der Waals surface area contributed by atoms with Crippen LogP contribution < -0.4 is 14.2 Å². The molecule has 0 bridgehead atoms. The predicted octanol–water partition coefficient (Wildman–Crippen LogP) is 4.07. The summed E-state index contributed by atoms with van der Waals surface area (Å²) in [6.45, 7) is 1.90. The topological polar surface area (TPSA) is 97.5 Å². The van der Waals surface area contributed by atoms with Gasteiger partial charge in [0, 0.05) is 46.8 Å². The van der Waals surface area contributed by atoms with Crippen LogP contribution in [0.1, 0.15) is 41.4 Å². The minimum atomic E-state index is -3.88. The lowest BCUT2D eigenvalue weighted by atomic mass is 9.94. The van der Waals surface area contributed by atoms with Gasteiger partial charge in [-0.2, -0.15) is 0 Å². The number of hydrogen-bond donors (Lipinski definition) is 2. The van der Waals surface area contributed by atoms with Crippen LogP contribution in [0.4, 0.5) is 5.69 Å². The molecule has 2 N–H and O–H groups in total. The van der Waals surface area contributed by atoms with Crippen LogP contribution in [0.5, 0.6) is 11.5 Å². The lowest BCUT2D eigenvalue weighted by Crippen LogP contribution is -2.15. The summed E-state index contributed by atoms with van der Waals surface area (Å²) in [6.07, 6.45) is 2.65. The third kappa shape index (κ3) is 3.52. The Morgan fingerprint density at radius 2 is 1.73 bits per heavy atom. The number of aromatic nitrogens is 1. The standard InChI is InChI=1S/C22H24N2O5S/c1-4-13-8-17-19(23-18-6-5-7-20(25)22(17)18)12-21(13)30(26,27)24-14-9-15(28-2)11-16(10-14)29-3/h8-12,23-24H,4-7H2,1-3H3. The van der Waals surface area contributed by atoms with Crippen molar-refractivity contribution < 1.29 is 22.7 Å². The quantitative estimate of drug-likeness (QED) is 0.617. The average Bonchev–Trinajstić information content (AvgIpc) is 3.10. The number of ketones is 1. The molecule has 158 valence electrons. The van der Waals surface area contributed by atoms with Crippen LogP contribution in [0.25, 0.3) is 10.9 Å². The molecule has 0 saturated heterocycles. The molecule has 3 aromatic rings. The molecule has 0 unspecified atom stereocenters. The SMILES string of the molecule is CCc1cc2c3c([nH]c2cc1S(=O)(=O)Nc1cc(OC)cc(OC)c1)CCCC3=O. The van der Waals surface area contributed by atoms with Gasteiger partial charge in [0.2, 0.25) is 0 Å². The highest BCUT2D eigenvalue weighted by Gasteiger charge is 2.26. The van der Waals surface area contributed by atoms with Crippen molar-refractivity contribution in [2.75, 3.05) is 18.9 Å². The van der Waals surface area contributed by atoms with Crippen LogP contribution in [0.2, 0.25) is 0 Å². The Morgan fingerprint density at radius 3 is 2.37 bits per heavy atom. The summed E-state index contributed by atoms with van der Waals surface area (Å²) >= 11 is 0. The van der Waals surface area contributed by atoms with E-state index in [2.05, 4.69) is 9.71 Å². The summed E-state index contributed by atoms with van der Waals surface area (Å²) in [4.78, 5) is 15.9.